The third-order valence-electron chi connectivity index (χ3n) is 3.59. The van der Waals surface area contributed by atoms with Crippen molar-refractivity contribution in [3.8, 4) is 11.3 Å². The van der Waals surface area contributed by atoms with Crippen LogP contribution in [0.3, 0.4) is 0 Å². The summed E-state index contributed by atoms with van der Waals surface area (Å²) in [6, 6.07) is 11.2. The minimum atomic E-state index is -0.245. The zero-order valence-corrected chi connectivity index (χ0v) is 12.8. The number of carbonyl (C=O) groups excluding carboxylic acids is 1. The molecule has 118 valence electrons. The van der Waals surface area contributed by atoms with E-state index in [1.54, 1.807) is 6.07 Å². The van der Waals surface area contributed by atoms with Crippen LogP contribution in [0.5, 0.6) is 0 Å². The number of amides is 1. The first-order valence-corrected chi connectivity index (χ1v) is 7.65. The molecule has 1 heterocycles. The van der Waals surface area contributed by atoms with E-state index in [1.807, 2.05) is 30.3 Å². The lowest BCUT2D eigenvalue weighted by molar-refractivity contribution is 0.0934. The molecule has 1 atom stereocenters. The summed E-state index contributed by atoms with van der Waals surface area (Å²) in [5.74, 6) is 0.621. The van der Waals surface area contributed by atoms with Crippen LogP contribution in [0.2, 0.25) is 0 Å². The lowest BCUT2D eigenvalue weighted by Gasteiger charge is -2.14. The Labute approximate surface area is 130 Å². The predicted octanol–water partition coefficient (Wildman–Crippen LogP) is 2.87. The first kappa shape index (κ1) is 16.2. The molecule has 0 aliphatic rings. The van der Waals surface area contributed by atoms with E-state index in [1.165, 1.54) is 0 Å². The van der Waals surface area contributed by atoms with E-state index >= 15 is 0 Å². The molecule has 0 aliphatic heterocycles. The Balaban J connectivity index is 1.94. The molecule has 0 spiro atoms. The number of aromatic nitrogens is 1. The van der Waals surface area contributed by atoms with Crippen LogP contribution in [0, 0.1) is 5.92 Å². The summed E-state index contributed by atoms with van der Waals surface area (Å²) in [5.41, 5.74) is 1.16. The van der Waals surface area contributed by atoms with Gasteiger partial charge in [0.25, 0.3) is 5.91 Å². The van der Waals surface area contributed by atoms with Crippen molar-refractivity contribution >= 4 is 5.91 Å². The van der Waals surface area contributed by atoms with E-state index < -0.39 is 0 Å². The number of aliphatic hydroxyl groups is 1. The van der Waals surface area contributed by atoms with Crippen molar-refractivity contribution in [2.24, 2.45) is 5.92 Å². The highest BCUT2D eigenvalue weighted by Gasteiger charge is 2.15. The second-order valence-electron chi connectivity index (χ2n) is 5.32. The summed E-state index contributed by atoms with van der Waals surface area (Å²) in [6.45, 7) is 2.78. The van der Waals surface area contributed by atoms with Crippen LogP contribution in [0.25, 0.3) is 11.3 Å². The fourth-order valence-corrected chi connectivity index (χ4v) is 2.39. The van der Waals surface area contributed by atoms with Crippen LogP contribution in [0.15, 0.2) is 40.9 Å². The number of aliphatic hydroxyl groups excluding tert-OH is 1. The van der Waals surface area contributed by atoms with E-state index in [2.05, 4.69) is 17.4 Å². The Morgan fingerprint density at radius 1 is 1.32 bits per heavy atom. The Bertz CT molecular complexity index is 575. The molecule has 2 aromatic rings. The standard InChI is InChI=1S/C17H22N2O3/c1-2-6-13(9-10-20)12-18-17(21)15-11-16(22-19-15)14-7-4-3-5-8-14/h3-5,7-8,11,13,20H,2,6,9-10,12H2,1H3,(H,18,21). The topological polar surface area (TPSA) is 75.4 Å². The van der Waals surface area contributed by atoms with E-state index in [0.717, 1.165) is 18.4 Å². The summed E-state index contributed by atoms with van der Waals surface area (Å²) in [7, 11) is 0. The Kier molecular flexibility index (Phi) is 6.15. The van der Waals surface area contributed by atoms with Crippen LogP contribution in [-0.4, -0.2) is 29.3 Å². The zero-order valence-electron chi connectivity index (χ0n) is 12.8. The Morgan fingerprint density at radius 3 is 2.77 bits per heavy atom. The van der Waals surface area contributed by atoms with Crippen LogP contribution >= 0.6 is 0 Å². The Morgan fingerprint density at radius 2 is 2.09 bits per heavy atom. The van der Waals surface area contributed by atoms with Gasteiger partial charge in [-0.05, 0) is 18.8 Å². The molecule has 2 N–H and O–H groups in total. The van der Waals surface area contributed by atoms with E-state index in [4.69, 9.17) is 9.63 Å². The van der Waals surface area contributed by atoms with Crippen molar-refractivity contribution in [1.29, 1.82) is 0 Å². The van der Waals surface area contributed by atoms with Gasteiger partial charge < -0.3 is 14.9 Å². The fourth-order valence-electron chi connectivity index (χ4n) is 2.39. The molecular weight excluding hydrogens is 280 g/mol. The van der Waals surface area contributed by atoms with E-state index in [0.29, 0.717) is 24.6 Å². The number of benzene rings is 1. The summed E-state index contributed by atoms with van der Waals surface area (Å²) in [6.07, 6.45) is 2.71. The quantitative estimate of drug-likeness (QED) is 0.786. The van der Waals surface area contributed by atoms with Gasteiger partial charge in [-0.1, -0.05) is 48.8 Å². The van der Waals surface area contributed by atoms with Crippen molar-refractivity contribution in [2.75, 3.05) is 13.2 Å². The first-order valence-electron chi connectivity index (χ1n) is 7.65. The third-order valence-corrected chi connectivity index (χ3v) is 3.59. The smallest absolute Gasteiger partial charge is 0.273 e. The maximum atomic E-state index is 12.1. The molecule has 0 aliphatic carbocycles. The van der Waals surface area contributed by atoms with Gasteiger partial charge >= 0.3 is 0 Å². The lowest BCUT2D eigenvalue weighted by Crippen LogP contribution is -2.30. The van der Waals surface area contributed by atoms with Gasteiger partial charge in [-0.2, -0.15) is 0 Å². The highest BCUT2D eigenvalue weighted by atomic mass is 16.5. The van der Waals surface area contributed by atoms with Gasteiger partial charge in [0.1, 0.15) is 0 Å². The van der Waals surface area contributed by atoms with Gasteiger partial charge in [0.15, 0.2) is 11.5 Å². The molecule has 5 nitrogen and oxygen atoms in total. The lowest BCUT2D eigenvalue weighted by atomic mass is 10.0. The maximum absolute atomic E-state index is 12.1. The van der Waals surface area contributed by atoms with Crippen molar-refractivity contribution in [2.45, 2.75) is 26.2 Å². The molecule has 0 bridgehead atoms. The van der Waals surface area contributed by atoms with Gasteiger partial charge in [-0.3, -0.25) is 4.79 Å². The molecule has 1 aromatic heterocycles. The first-order chi connectivity index (χ1) is 10.7. The molecular formula is C17H22N2O3. The van der Waals surface area contributed by atoms with E-state index in [9.17, 15) is 4.79 Å². The SMILES string of the molecule is CCCC(CCO)CNC(=O)c1cc(-c2ccccc2)on1. The van der Waals surface area contributed by atoms with E-state index in [-0.39, 0.29) is 18.2 Å². The summed E-state index contributed by atoms with van der Waals surface area (Å²) in [5, 5.41) is 15.7. The van der Waals surface area contributed by atoms with Crippen LogP contribution < -0.4 is 5.32 Å². The number of rotatable bonds is 8. The number of nitrogens with one attached hydrogen (secondary N) is 1. The highest BCUT2D eigenvalue weighted by Crippen LogP contribution is 2.19. The number of carbonyl (C=O) groups is 1. The summed E-state index contributed by atoms with van der Waals surface area (Å²) >= 11 is 0. The molecule has 0 saturated heterocycles. The van der Waals surface area contributed by atoms with Gasteiger partial charge in [0.2, 0.25) is 0 Å². The number of hydrogen-bond donors (Lipinski definition) is 2. The molecule has 0 radical (unpaired) electrons. The number of nitrogens with zero attached hydrogens (tertiary/aromatic N) is 1. The average molecular weight is 302 g/mol. The van der Waals surface area contributed by atoms with Gasteiger partial charge in [0.05, 0.1) is 0 Å². The second-order valence-corrected chi connectivity index (χ2v) is 5.32. The predicted molar refractivity (Wildman–Crippen MR) is 84.4 cm³/mol. The van der Waals surface area contributed by atoms with Crippen LogP contribution in [0.4, 0.5) is 0 Å². The maximum Gasteiger partial charge on any atom is 0.273 e. The number of hydrogen-bond acceptors (Lipinski definition) is 4. The van der Waals surface area contributed by atoms with Crippen LogP contribution in [0.1, 0.15) is 36.7 Å². The van der Waals surface area contributed by atoms with Gasteiger partial charge in [-0.15, -0.1) is 0 Å². The van der Waals surface area contributed by atoms with Gasteiger partial charge in [-0.25, -0.2) is 0 Å². The van der Waals surface area contributed by atoms with Crippen LogP contribution in [-0.2, 0) is 0 Å². The molecule has 1 amide bonds. The molecule has 1 aromatic carbocycles. The largest absolute Gasteiger partial charge is 0.396 e. The molecule has 2 rings (SSSR count). The Hall–Kier alpha value is -2.14. The monoisotopic (exact) mass is 302 g/mol. The van der Waals surface area contributed by atoms with Crippen molar-refractivity contribution in [3.05, 3.63) is 42.1 Å². The van der Waals surface area contributed by atoms with Crippen molar-refractivity contribution in [1.82, 2.24) is 10.5 Å². The normalized spacial score (nSPS) is 12.1. The average Bonchev–Trinajstić information content (AvgIpc) is 3.04. The second kappa shape index (κ2) is 8.34. The minimum absolute atomic E-state index is 0.142. The van der Waals surface area contributed by atoms with Crippen molar-refractivity contribution < 1.29 is 14.4 Å². The zero-order chi connectivity index (χ0) is 15.8. The summed E-state index contributed by atoms with van der Waals surface area (Å²) < 4.78 is 5.22. The molecule has 22 heavy (non-hydrogen) atoms. The highest BCUT2D eigenvalue weighted by molar-refractivity contribution is 5.93. The summed E-state index contributed by atoms with van der Waals surface area (Å²) in [4.78, 5) is 12.1. The van der Waals surface area contributed by atoms with Gasteiger partial charge in [0, 0.05) is 24.8 Å². The minimum Gasteiger partial charge on any atom is -0.396 e. The fraction of sp³-hybridized carbons (Fsp3) is 0.412. The molecule has 5 heteroatoms. The van der Waals surface area contributed by atoms with Crippen molar-refractivity contribution in [3.63, 3.8) is 0 Å². The molecule has 1 unspecified atom stereocenters. The molecule has 0 saturated carbocycles. The third kappa shape index (κ3) is 4.43. The molecule has 0 fully saturated rings.